The summed E-state index contributed by atoms with van der Waals surface area (Å²) in [6, 6.07) is 6.34. The molecule has 8 heteroatoms. The van der Waals surface area contributed by atoms with Gasteiger partial charge in [0, 0.05) is 38.3 Å². The summed E-state index contributed by atoms with van der Waals surface area (Å²) in [6.45, 7) is 2.39. The maximum atomic E-state index is 11.6. The number of nitro groups is 1. The highest BCUT2D eigenvalue weighted by atomic mass is 16.6. The third kappa shape index (κ3) is 2.23. The van der Waals surface area contributed by atoms with E-state index >= 15 is 0 Å². The van der Waals surface area contributed by atoms with Gasteiger partial charge in [-0.05, 0) is 6.07 Å². The van der Waals surface area contributed by atoms with Crippen molar-refractivity contribution in [3.63, 3.8) is 0 Å². The number of benzene rings is 1. The van der Waals surface area contributed by atoms with Crippen LogP contribution in [0.15, 0.2) is 18.2 Å². The maximum absolute atomic E-state index is 11.6. The number of fused-ring (bicyclic) bond motifs is 1. The van der Waals surface area contributed by atoms with E-state index in [9.17, 15) is 20.2 Å². The van der Waals surface area contributed by atoms with Crippen LogP contribution in [0.4, 0.5) is 16.2 Å². The minimum absolute atomic E-state index is 0.0520. The van der Waals surface area contributed by atoms with Crippen molar-refractivity contribution < 1.29 is 9.72 Å². The van der Waals surface area contributed by atoms with Crippen LogP contribution in [-0.4, -0.2) is 48.1 Å². The molecule has 1 unspecified atom stereocenters. The molecule has 0 spiro atoms. The van der Waals surface area contributed by atoms with Gasteiger partial charge in [-0.25, -0.2) is 4.79 Å². The summed E-state index contributed by atoms with van der Waals surface area (Å²) in [4.78, 5) is 25.6. The van der Waals surface area contributed by atoms with Crippen molar-refractivity contribution in [3.05, 3.63) is 33.9 Å². The number of carbonyl (C=O) groups excluding carboxylic acids is 1. The summed E-state index contributed by atoms with van der Waals surface area (Å²) in [5, 5.41) is 22.8. The first-order valence-electron chi connectivity index (χ1n) is 6.58. The fourth-order valence-corrected chi connectivity index (χ4v) is 2.83. The Morgan fingerprint density at radius 1 is 1.43 bits per heavy atom. The molecular weight excluding hydrogens is 274 g/mol. The maximum Gasteiger partial charge on any atom is 0.317 e. The highest BCUT2D eigenvalue weighted by molar-refractivity contribution is 5.77. The Labute approximate surface area is 120 Å². The third-order valence-corrected chi connectivity index (χ3v) is 3.88. The molecule has 0 aromatic heterocycles. The number of piperazine rings is 1. The number of nitro benzene ring substituents is 1. The number of nitriles is 1. The van der Waals surface area contributed by atoms with Gasteiger partial charge < -0.3 is 15.1 Å². The van der Waals surface area contributed by atoms with Crippen LogP contribution in [0, 0.1) is 21.4 Å². The number of anilines is 1. The molecule has 21 heavy (non-hydrogen) atoms. The van der Waals surface area contributed by atoms with Crippen LogP contribution in [0.2, 0.25) is 0 Å². The van der Waals surface area contributed by atoms with Crippen LogP contribution in [0.1, 0.15) is 5.56 Å². The minimum Gasteiger partial charge on any atom is -0.367 e. The van der Waals surface area contributed by atoms with Crippen molar-refractivity contribution in [2.24, 2.45) is 0 Å². The molecule has 108 valence electrons. The molecule has 2 amide bonds. The van der Waals surface area contributed by atoms with Crippen LogP contribution in [0.25, 0.3) is 0 Å². The van der Waals surface area contributed by atoms with Gasteiger partial charge in [0.2, 0.25) is 0 Å². The van der Waals surface area contributed by atoms with Crippen LogP contribution in [0.3, 0.4) is 0 Å². The Morgan fingerprint density at radius 2 is 2.24 bits per heavy atom. The molecule has 3 rings (SSSR count). The van der Waals surface area contributed by atoms with E-state index in [-0.39, 0.29) is 23.3 Å². The van der Waals surface area contributed by atoms with Gasteiger partial charge in [-0.2, -0.15) is 5.26 Å². The van der Waals surface area contributed by atoms with Crippen LogP contribution in [0.5, 0.6) is 0 Å². The summed E-state index contributed by atoms with van der Waals surface area (Å²) in [7, 11) is 0. The first-order chi connectivity index (χ1) is 10.1. The quantitative estimate of drug-likeness (QED) is 0.636. The second kappa shape index (κ2) is 4.94. The van der Waals surface area contributed by atoms with Gasteiger partial charge in [0.05, 0.1) is 22.2 Å². The second-order valence-corrected chi connectivity index (χ2v) is 5.05. The standard InChI is InChI=1S/C13H13N5O3/c14-6-9-5-10(18(20)21)1-2-12(9)16-3-4-17-11(8-16)7-15-13(17)19/h1-2,5,11H,3-4,7-8H2,(H,15,19). The lowest BCUT2D eigenvalue weighted by molar-refractivity contribution is -0.384. The Bertz CT molecular complexity index is 654. The Morgan fingerprint density at radius 3 is 2.95 bits per heavy atom. The van der Waals surface area contributed by atoms with E-state index in [1.165, 1.54) is 12.1 Å². The Hall–Kier alpha value is -2.82. The smallest absolute Gasteiger partial charge is 0.317 e. The molecule has 0 radical (unpaired) electrons. The zero-order valence-corrected chi connectivity index (χ0v) is 11.2. The average molecular weight is 287 g/mol. The summed E-state index contributed by atoms with van der Waals surface area (Å²) in [5.41, 5.74) is 0.878. The molecule has 2 fully saturated rings. The number of nitrogens with one attached hydrogen (secondary N) is 1. The first-order valence-corrected chi connectivity index (χ1v) is 6.58. The molecule has 0 saturated carbocycles. The molecule has 8 nitrogen and oxygen atoms in total. The number of hydrogen-bond donors (Lipinski definition) is 1. The lowest BCUT2D eigenvalue weighted by Gasteiger charge is -2.38. The zero-order chi connectivity index (χ0) is 15.0. The van der Waals surface area contributed by atoms with Crippen LogP contribution >= 0.6 is 0 Å². The van der Waals surface area contributed by atoms with E-state index in [0.717, 1.165) is 0 Å². The van der Waals surface area contributed by atoms with Crippen molar-refractivity contribution in [2.45, 2.75) is 6.04 Å². The predicted octanol–water partition coefficient (Wildman–Crippen LogP) is 0.680. The minimum atomic E-state index is -0.512. The zero-order valence-electron chi connectivity index (χ0n) is 11.2. The number of carbonyl (C=O) groups is 1. The Kier molecular flexibility index (Phi) is 3.10. The number of hydrogen-bond acceptors (Lipinski definition) is 5. The van der Waals surface area contributed by atoms with Gasteiger partial charge in [-0.3, -0.25) is 10.1 Å². The van der Waals surface area contributed by atoms with Crippen molar-refractivity contribution in [2.75, 3.05) is 31.1 Å². The molecular formula is C13H13N5O3. The molecule has 0 bridgehead atoms. The van der Waals surface area contributed by atoms with Gasteiger partial charge in [0.1, 0.15) is 6.07 Å². The van der Waals surface area contributed by atoms with E-state index in [4.69, 9.17) is 0 Å². The Balaban J connectivity index is 1.86. The number of nitrogens with zero attached hydrogens (tertiary/aromatic N) is 4. The largest absolute Gasteiger partial charge is 0.367 e. The van der Waals surface area contributed by atoms with E-state index in [2.05, 4.69) is 5.32 Å². The molecule has 1 atom stereocenters. The van der Waals surface area contributed by atoms with Crippen molar-refractivity contribution in [3.8, 4) is 6.07 Å². The lowest BCUT2D eigenvalue weighted by atomic mass is 10.1. The lowest BCUT2D eigenvalue weighted by Crippen LogP contribution is -2.52. The van der Waals surface area contributed by atoms with Crippen molar-refractivity contribution in [1.82, 2.24) is 10.2 Å². The normalized spacial score (nSPS) is 20.7. The molecule has 2 aliphatic rings. The van der Waals surface area contributed by atoms with E-state index in [1.54, 1.807) is 11.0 Å². The van der Waals surface area contributed by atoms with Crippen molar-refractivity contribution in [1.29, 1.82) is 5.26 Å². The fraction of sp³-hybridized carbons (Fsp3) is 0.385. The number of amides is 2. The predicted molar refractivity (Wildman–Crippen MR) is 73.9 cm³/mol. The molecule has 0 aliphatic carbocycles. The highest BCUT2D eigenvalue weighted by Gasteiger charge is 2.36. The number of non-ortho nitro benzene ring substituents is 1. The van der Waals surface area contributed by atoms with E-state index < -0.39 is 4.92 Å². The van der Waals surface area contributed by atoms with Crippen molar-refractivity contribution >= 4 is 17.4 Å². The highest BCUT2D eigenvalue weighted by Crippen LogP contribution is 2.27. The molecule has 2 heterocycles. The van der Waals surface area contributed by atoms with Crippen LogP contribution in [-0.2, 0) is 0 Å². The molecule has 1 aromatic carbocycles. The topological polar surface area (TPSA) is 103 Å². The molecule has 1 aromatic rings. The molecule has 1 N–H and O–H groups in total. The van der Waals surface area contributed by atoms with Crippen LogP contribution < -0.4 is 10.2 Å². The summed E-state index contributed by atoms with van der Waals surface area (Å²) < 4.78 is 0. The molecule has 2 aliphatic heterocycles. The van der Waals surface area contributed by atoms with Gasteiger partial charge in [0.15, 0.2) is 0 Å². The summed E-state index contributed by atoms with van der Waals surface area (Å²) in [5.74, 6) is 0. The molecule has 2 saturated heterocycles. The number of urea groups is 1. The van der Waals surface area contributed by atoms with Gasteiger partial charge in [0.25, 0.3) is 5.69 Å². The summed E-state index contributed by atoms with van der Waals surface area (Å²) >= 11 is 0. The summed E-state index contributed by atoms with van der Waals surface area (Å²) in [6.07, 6.45) is 0. The fourth-order valence-electron chi connectivity index (χ4n) is 2.83. The second-order valence-electron chi connectivity index (χ2n) is 5.05. The first kappa shape index (κ1) is 13.2. The third-order valence-electron chi connectivity index (χ3n) is 3.88. The van der Waals surface area contributed by atoms with Gasteiger partial charge >= 0.3 is 6.03 Å². The SMILES string of the molecule is N#Cc1cc([N+](=O)[O-])ccc1N1CCN2C(=O)NCC2C1. The average Bonchev–Trinajstić information content (AvgIpc) is 2.87. The van der Waals surface area contributed by atoms with E-state index in [1.807, 2.05) is 11.0 Å². The van der Waals surface area contributed by atoms with Gasteiger partial charge in [-0.15, -0.1) is 0 Å². The number of rotatable bonds is 2. The monoisotopic (exact) mass is 287 g/mol. The van der Waals surface area contributed by atoms with Gasteiger partial charge in [-0.1, -0.05) is 0 Å². The van der Waals surface area contributed by atoms with E-state index in [0.29, 0.717) is 31.9 Å².